The molecule has 2 aliphatic carbocycles. The summed E-state index contributed by atoms with van der Waals surface area (Å²) in [6, 6.07) is 7.90. The number of fused-ring (bicyclic) bond motifs is 2. The van der Waals surface area contributed by atoms with Gasteiger partial charge < -0.3 is 4.74 Å². The second kappa shape index (κ2) is 4.30. The van der Waals surface area contributed by atoms with Gasteiger partial charge in [-0.25, -0.2) is 0 Å². The number of allylic oxidation sites excluding steroid dienone is 2. The first-order chi connectivity index (χ1) is 9.88. The molecule has 0 unspecified atom stereocenters. The predicted octanol–water partition coefficient (Wildman–Crippen LogP) is 3.13. The minimum Gasteiger partial charge on any atom is -0.466 e. The van der Waals surface area contributed by atoms with Gasteiger partial charge in [-0.1, -0.05) is 44.2 Å². The molecule has 0 saturated heterocycles. The van der Waals surface area contributed by atoms with Crippen molar-refractivity contribution in [3.8, 4) is 0 Å². The topological polar surface area (TPSA) is 43.4 Å². The first-order valence-corrected chi connectivity index (χ1v) is 7.38. The quantitative estimate of drug-likeness (QED) is 0.801. The fourth-order valence-corrected chi connectivity index (χ4v) is 4.03. The number of hydrogen-bond acceptors (Lipinski definition) is 3. The van der Waals surface area contributed by atoms with Crippen molar-refractivity contribution >= 4 is 17.3 Å². The Labute approximate surface area is 125 Å². The molecule has 0 N–H and O–H groups in total. The van der Waals surface area contributed by atoms with Crippen molar-refractivity contribution in [2.24, 2.45) is 11.3 Å². The van der Waals surface area contributed by atoms with Gasteiger partial charge in [-0.15, -0.1) is 0 Å². The Morgan fingerprint density at radius 1 is 1.24 bits per heavy atom. The van der Waals surface area contributed by atoms with Gasteiger partial charge in [0, 0.05) is 11.0 Å². The lowest BCUT2D eigenvalue weighted by Gasteiger charge is -2.13. The summed E-state index contributed by atoms with van der Waals surface area (Å²) in [6.07, 6.45) is 2.00. The molecule has 1 saturated carbocycles. The SMILES string of the molecule is CCOC(=O)[C@H]1C(C)(C)[C@@]12C=C(C(C)=O)c1ccccc12. The average molecular weight is 284 g/mol. The van der Waals surface area contributed by atoms with E-state index in [-0.39, 0.29) is 23.1 Å². The molecule has 1 aromatic rings. The van der Waals surface area contributed by atoms with Crippen LogP contribution >= 0.6 is 0 Å². The van der Waals surface area contributed by atoms with Crippen LogP contribution in [0.15, 0.2) is 30.3 Å². The lowest BCUT2D eigenvalue weighted by atomic mass is 9.90. The first-order valence-electron chi connectivity index (χ1n) is 7.38. The molecule has 21 heavy (non-hydrogen) atoms. The Kier molecular flexibility index (Phi) is 2.88. The summed E-state index contributed by atoms with van der Waals surface area (Å²) in [5, 5.41) is 0. The molecule has 1 fully saturated rings. The molecule has 3 heteroatoms. The molecule has 3 nitrogen and oxygen atoms in total. The standard InChI is InChI=1S/C18H20O3/c1-5-21-16(20)15-17(3,4)18(15)10-13(11(2)19)12-8-6-7-9-14(12)18/h6-10,15H,5H2,1-4H3/t15-,18+/m0/s1. The highest BCUT2D eigenvalue weighted by molar-refractivity contribution is 6.22. The zero-order valence-electron chi connectivity index (χ0n) is 12.9. The lowest BCUT2D eigenvalue weighted by Crippen LogP contribution is -2.14. The highest BCUT2D eigenvalue weighted by atomic mass is 16.5. The van der Waals surface area contributed by atoms with Gasteiger partial charge in [0.1, 0.15) is 0 Å². The Morgan fingerprint density at radius 2 is 1.90 bits per heavy atom. The molecule has 0 aromatic heterocycles. The maximum Gasteiger partial charge on any atom is 0.310 e. The van der Waals surface area contributed by atoms with E-state index in [9.17, 15) is 9.59 Å². The zero-order chi connectivity index (χ0) is 15.4. The van der Waals surface area contributed by atoms with E-state index in [0.717, 1.165) is 16.7 Å². The Balaban J connectivity index is 2.15. The van der Waals surface area contributed by atoms with Crippen LogP contribution in [-0.2, 0) is 19.7 Å². The number of hydrogen-bond donors (Lipinski definition) is 0. The number of benzene rings is 1. The number of esters is 1. The molecule has 110 valence electrons. The van der Waals surface area contributed by atoms with E-state index in [2.05, 4.69) is 13.8 Å². The summed E-state index contributed by atoms with van der Waals surface area (Å²) >= 11 is 0. The third-order valence-electron chi connectivity index (χ3n) is 5.10. The molecule has 2 aliphatic rings. The summed E-state index contributed by atoms with van der Waals surface area (Å²) in [4.78, 5) is 24.3. The van der Waals surface area contributed by atoms with Gasteiger partial charge in [0.2, 0.25) is 0 Å². The van der Waals surface area contributed by atoms with Gasteiger partial charge >= 0.3 is 5.97 Å². The van der Waals surface area contributed by atoms with Crippen LogP contribution in [-0.4, -0.2) is 18.4 Å². The summed E-state index contributed by atoms with van der Waals surface area (Å²) in [5.74, 6) is -0.342. The van der Waals surface area contributed by atoms with Gasteiger partial charge in [0.05, 0.1) is 12.5 Å². The van der Waals surface area contributed by atoms with E-state index in [1.54, 1.807) is 6.92 Å². The summed E-state index contributed by atoms with van der Waals surface area (Å²) in [6.45, 7) is 7.93. The molecule has 1 aromatic carbocycles. The van der Waals surface area contributed by atoms with Crippen LogP contribution in [0.3, 0.4) is 0 Å². The molecule has 0 amide bonds. The summed E-state index contributed by atoms with van der Waals surface area (Å²) < 4.78 is 5.25. The molecule has 0 radical (unpaired) electrons. The first kappa shape index (κ1) is 14.1. The highest BCUT2D eigenvalue weighted by Crippen LogP contribution is 2.73. The third-order valence-corrected chi connectivity index (χ3v) is 5.10. The Hall–Kier alpha value is -1.90. The van der Waals surface area contributed by atoms with Gasteiger partial charge in [-0.05, 0) is 30.4 Å². The summed E-state index contributed by atoms with van der Waals surface area (Å²) in [5.41, 5.74) is 2.15. The predicted molar refractivity (Wildman–Crippen MR) is 80.7 cm³/mol. The smallest absolute Gasteiger partial charge is 0.310 e. The minimum atomic E-state index is -0.392. The van der Waals surface area contributed by atoms with Crippen molar-refractivity contribution in [2.45, 2.75) is 33.1 Å². The molecule has 1 spiro atoms. The molecular weight excluding hydrogens is 264 g/mol. The third kappa shape index (κ3) is 1.60. The van der Waals surface area contributed by atoms with Crippen LogP contribution in [0.25, 0.3) is 5.57 Å². The van der Waals surface area contributed by atoms with E-state index in [1.807, 2.05) is 37.3 Å². The monoisotopic (exact) mass is 284 g/mol. The van der Waals surface area contributed by atoms with E-state index < -0.39 is 5.41 Å². The second-order valence-electron chi connectivity index (χ2n) is 6.44. The molecule has 3 rings (SSSR count). The maximum atomic E-state index is 12.3. The van der Waals surface area contributed by atoms with Crippen LogP contribution in [0.2, 0.25) is 0 Å². The molecular formula is C18H20O3. The normalized spacial score (nSPS) is 28.0. The van der Waals surface area contributed by atoms with Gasteiger partial charge in [0.15, 0.2) is 5.78 Å². The summed E-state index contributed by atoms with van der Waals surface area (Å²) in [7, 11) is 0. The fraction of sp³-hybridized carbons (Fsp3) is 0.444. The van der Waals surface area contributed by atoms with Crippen molar-refractivity contribution in [1.82, 2.24) is 0 Å². The van der Waals surface area contributed by atoms with E-state index >= 15 is 0 Å². The number of carbonyl (C=O) groups is 2. The van der Waals surface area contributed by atoms with E-state index in [0.29, 0.717) is 6.61 Å². The minimum absolute atomic E-state index is 0.0460. The molecule has 2 atom stereocenters. The highest BCUT2D eigenvalue weighted by Gasteiger charge is 2.76. The number of Topliss-reactive ketones (excluding diaryl/α,β-unsaturated/α-hetero) is 1. The van der Waals surface area contributed by atoms with Crippen LogP contribution < -0.4 is 0 Å². The van der Waals surface area contributed by atoms with E-state index in [4.69, 9.17) is 4.74 Å². The Morgan fingerprint density at radius 3 is 2.52 bits per heavy atom. The molecule has 0 heterocycles. The average Bonchev–Trinajstić information content (AvgIpc) is 2.75. The van der Waals surface area contributed by atoms with Crippen molar-refractivity contribution in [3.63, 3.8) is 0 Å². The number of ether oxygens (including phenoxy) is 1. The van der Waals surface area contributed by atoms with Crippen molar-refractivity contribution < 1.29 is 14.3 Å². The number of carbonyl (C=O) groups excluding carboxylic acids is 2. The maximum absolute atomic E-state index is 12.3. The van der Waals surface area contributed by atoms with Gasteiger partial charge in [-0.3, -0.25) is 9.59 Å². The largest absolute Gasteiger partial charge is 0.466 e. The van der Waals surface area contributed by atoms with Crippen LogP contribution in [0.4, 0.5) is 0 Å². The van der Waals surface area contributed by atoms with Crippen molar-refractivity contribution in [2.75, 3.05) is 6.61 Å². The number of ketones is 1. The van der Waals surface area contributed by atoms with Gasteiger partial charge in [-0.2, -0.15) is 0 Å². The van der Waals surface area contributed by atoms with E-state index in [1.165, 1.54) is 0 Å². The molecule has 0 aliphatic heterocycles. The van der Waals surface area contributed by atoms with Crippen LogP contribution in [0.5, 0.6) is 0 Å². The van der Waals surface area contributed by atoms with Gasteiger partial charge in [0.25, 0.3) is 0 Å². The van der Waals surface area contributed by atoms with Crippen molar-refractivity contribution in [3.05, 3.63) is 41.5 Å². The fourth-order valence-electron chi connectivity index (χ4n) is 4.03. The van der Waals surface area contributed by atoms with Crippen LogP contribution in [0.1, 0.15) is 38.8 Å². The second-order valence-corrected chi connectivity index (χ2v) is 6.44. The lowest BCUT2D eigenvalue weighted by molar-refractivity contribution is -0.145. The Bertz CT molecular complexity index is 669. The zero-order valence-corrected chi connectivity index (χ0v) is 12.9. The molecule has 0 bridgehead atoms. The van der Waals surface area contributed by atoms with Crippen molar-refractivity contribution in [1.29, 1.82) is 0 Å². The van der Waals surface area contributed by atoms with Crippen LogP contribution in [0, 0.1) is 11.3 Å². The number of rotatable bonds is 3.